The third-order valence-corrected chi connectivity index (χ3v) is 4.01. The van der Waals surface area contributed by atoms with Crippen LogP contribution < -0.4 is 5.32 Å². The molecule has 1 amide bonds. The van der Waals surface area contributed by atoms with Gasteiger partial charge < -0.3 is 9.88 Å². The Hall–Kier alpha value is -2.35. The third-order valence-electron chi connectivity index (χ3n) is 3.37. The van der Waals surface area contributed by atoms with E-state index in [0.717, 1.165) is 12.2 Å². The van der Waals surface area contributed by atoms with Crippen molar-refractivity contribution in [2.24, 2.45) is 0 Å². The van der Waals surface area contributed by atoms with E-state index in [1.165, 1.54) is 4.52 Å². The molecule has 0 aromatic carbocycles. The van der Waals surface area contributed by atoms with Crippen molar-refractivity contribution in [2.45, 2.75) is 12.5 Å². The average molecular weight is 316 g/mol. The van der Waals surface area contributed by atoms with Crippen LogP contribution in [0.15, 0.2) is 42.9 Å². The highest BCUT2D eigenvalue weighted by Gasteiger charge is 2.20. The molecular weight excluding hydrogens is 300 g/mol. The zero-order valence-corrected chi connectivity index (χ0v) is 12.9. The van der Waals surface area contributed by atoms with Gasteiger partial charge in [-0.05, 0) is 53.1 Å². The molecule has 114 valence electrons. The Morgan fingerprint density at radius 1 is 1.32 bits per heavy atom. The molecule has 0 aliphatic rings. The summed E-state index contributed by atoms with van der Waals surface area (Å²) in [6.45, 7) is 0. The molecule has 22 heavy (non-hydrogen) atoms. The minimum absolute atomic E-state index is 0.0682. The van der Waals surface area contributed by atoms with Gasteiger partial charge in [0.2, 0.25) is 11.6 Å². The summed E-state index contributed by atoms with van der Waals surface area (Å²) in [5.74, 6) is 0.841. The lowest BCUT2D eigenvalue weighted by Gasteiger charge is -2.18. The highest BCUT2D eigenvalue weighted by molar-refractivity contribution is 7.98. The van der Waals surface area contributed by atoms with E-state index in [0.29, 0.717) is 11.3 Å². The molecule has 1 atom stereocenters. The van der Waals surface area contributed by atoms with Gasteiger partial charge in [0.05, 0.1) is 5.69 Å². The standard InChI is InChI=1S/C14H16N6OS/c1-22-10-6-12(19-7-2-3-8-19)14(21)15-11-5-4-9-20-13(11)16-17-18-20/h2-5,7-9,12H,6,10H2,1H3,(H,15,21)/t12-/m1/s1. The largest absolute Gasteiger partial charge is 0.342 e. The molecule has 0 bridgehead atoms. The summed E-state index contributed by atoms with van der Waals surface area (Å²) >= 11 is 1.73. The molecule has 3 aromatic rings. The Balaban J connectivity index is 1.83. The Kier molecular flexibility index (Phi) is 4.38. The molecule has 0 aliphatic heterocycles. The number of hydrogen-bond donors (Lipinski definition) is 1. The molecule has 0 radical (unpaired) electrons. The van der Waals surface area contributed by atoms with E-state index in [4.69, 9.17) is 0 Å². The van der Waals surface area contributed by atoms with Crippen molar-refractivity contribution in [3.05, 3.63) is 42.9 Å². The molecule has 3 rings (SSSR count). The molecule has 3 heterocycles. The first-order valence-corrected chi connectivity index (χ1v) is 8.28. The van der Waals surface area contributed by atoms with Crippen LogP contribution in [0.1, 0.15) is 12.5 Å². The molecule has 3 aromatic heterocycles. The number of anilines is 1. The van der Waals surface area contributed by atoms with Crippen LogP contribution in [0.2, 0.25) is 0 Å². The Labute approximate surface area is 131 Å². The zero-order valence-electron chi connectivity index (χ0n) is 12.1. The number of tetrazole rings is 1. The van der Waals surface area contributed by atoms with Crippen LogP contribution in [0.25, 0.3) is 5.65 Å². The highest BCUT2D eigenvalue weighted by Crippen LogP contribution is 2.19. The Morgan fingerprint density at radius 3 is 2.91 bits per heavy atom. The summed E-state index contributed by atoms with van der Waals surface area (Å²) in [5.41, 5.74) is 1.14. The average Bonchev–Trinajstić information content (AvgIpc) is 3.19. The number of thioether (sulfide) groups is 1. The predicted octanol–water partition coefficient (Wildman–Crippen LogP) is 1.86. The molecule has 1 N–H and O–H groups in total. The maximum atomic E-state index is 12.7. The van der Waals surface area contributed by atoms with E-state index >= 15 is 0 Å². The predicted molar refractivity (Wildman–Crippen MR) is 85.9 cm³/mol. The minimum atomic E-state index is -0.251. The Morgan fingerprint density at radius 2 is 2.14 bits per heavy atom. The fraction of sp³-hybridized carbons (Fsp3) is 0.286. The molecule has 0 saturated heterocycles. The van der Waals surface area contributed by atoms with E-state index in [2.05, 4.69) is 20.8 Å². The van der Waals surface area contributed by atoms with Crippen LogP contribution in [0.5, 0.6) is 0 Å². The van der Waals surface area contributed by atoms with Crippen molar-refractivity contribution >= 4 is 29.0 Å². The lowest BCUT2D eigenvalue weighted by Crippen LogP contribution is -2.26. The zero-order chi connectivity index (χ0) is 15.4. The van der Waals surface area contributed by atoms with E-state index in [-0.39, 0.29) is 11.9 Å². The van der Waals surface area contributed by atoms with E-state index in [9.17, 15) is 4.79 Å². The number of carbonyl (C=O) groups is 1. The smallest absolute Gasteiger partial charge is 0.247 e. The number of pyridine rings is 1. The van der Waals surface area contributed by atoms with Gasteiger partial charge in [-0.15, -0.1) is 5.10 Å². The number of amides is 1. The first kappa shape index (κ1) is 14.6. The minimum Gasteiger partial charge on any atom is -0.342 e. The molecule has 8 heteroatoms. The topological polar surface area (TPSA) is 77.1 Å². The first-order chi connectivity index (χ1) is 10.8. The monoisotopic (exact) mass is 316 g/mol. The van der Waals surface area contributed by atoms with E-state index in [1.54, 1.807) is 30.1 Å². The van der Waals surface area contributed by atoms with Gasteiger partial charge >= 0.3 is 0 Å². The van der Waals surface area contributed by atoms with Crippen LogP contribution in [0, 0.1) is 0 Å². The van der Waals surface area contributed by atoms with E-state index < -0.39 is 0 Å². The van der Waals surface area contributed by atoms with Crippen molar-refractivity contribution in [3.63, 3.8) is 0 Å². The quantitative estimate of drug-likeness (QED) is 0.751. The third kappa shape index (κ3) is 2.96. The molecule has 0 fully saturated rings. The van der Waals surface area contributed by atoms with Crippen LogP contribution in [-0.2, 0) is 4.79 Å². The lowest BCUT2D eigenvalue weighted by atomic mass is 10.2. The highest BCUT2D eigenvalue weighted by atomic mass is 32.2. The lowest BCUT2D eigenvalue weighted by molar-refractivity contribution is -0.119. The number of rotatable bonds is 6. The van der Waals surface area contributed by atoms with E-state index in [1.807, 2.05) is 35.3 Å². The maximum Gasteiger partial charge on any atom is 0.247 e. The van der Waals surface area contributed by atoms with Gasteiger partial charge in [-0.2, -0.15) is 16.3 Å². The molecule has 0 spiro atoms. The molecule has 0 unspecified atom stereocenters. The molecule has 0 aliphatic carbocycles. The number of carbonyl (C=O) groups excluding carboxylic acids is 1. The van der Waals surface area contributed by atoms with Gasteiger partial charge in [0.15, 0.2) is 0 Å². The fourth-order valence-corrected chi connectivity index (χ4v) is 2.74. The SMILES string of the molecule is CSCC[C@H](C(=O)Nc1cccn2nnnc12)n1cccc1. The molecule has 7 nitrogen and oxygen atoms in total. The molecular formula is C14H16N6OS. The summed E-state index contributed by atoms with van der Waals surface area (Å²) in [6, 6.07) is 7.18. The van der Waals surface area contributed by atoms with Crippen molar-refractivity contribution in [1.29, 1.82) is 0 Å². The van der Waals surface area contributed by atoms with Crippen LogP contribution in [0.3, 0.4) is 0 Å². The number of hydrogen-bond acceptors (Lipinski definition) is 5. The van der Waals surface area contributed by atoms with Crippen molar-refractivity contribution in [2.75, 3.05) is 17.3 Å². The van der Waals surface area contributed by atoms with Gasteiger partial charge in [-0.25, -0.2) is 0 Å². The van der Waals surface area contributed by atoms with Gasteiger partial charge in [0.25, 0.3) is 0 Å². The van der Waals surface area contributed by atoms with Gasteiger partial charge in [-0.1, -0.05) is 0 Å². The van der Waals surface area contributed by atoms with Gasteiger partial charge in [0, 0.05) is 18.6 Å². The van der Waals surface area contributed by atoms with Crippen molar-refractivity contribution in [3.8, 4) is 0 Å². The normalized spacial score (nSPS) is 12.4. The summed E-state index contributed by atoms with van der Waals surface area (Å²) in [4.78, 5) is 12.7. The second kappa shape index (κ2) is 6.61. The summed E-state index contributed by atoms with van der Waals surface area (Å²) in [5, 5.41) is 14.3. The molecule has 0 saturated carbocycles. The first-order valence-electron chi connectivity index (χ1n) is 6.88. The van der Waals surface area contributed by atoms with Crippen LogP contribution in [-0.4, -0.2) is 42.5 Å². The fourth-order valence-electron chi connectivity index (χ4n) is 2.28. The number of aromatic nitrogens is 5. The maximum absolute atomic E-state index is 12.7. The number of nitrogens with one attached hydrogen (secondary N) is 1. The van der Waals surface area contributed by atoms with Crippen molar-refractivity contribution < 1.29 is 4.79 Å². The van der Waals surface area contributed by atoms with Crippen molar-refractivity contribution in [1.82, 2.24) is 24.6 Å². The van der Waals surface area contributed by atoms with Crippen LogP contribution in [0.4, 0.5) is 5.69 Å². The summed E-state index contributed by atoms with van der Waals surface area (Å²) in [7, 11) is 0. The number of fused-ring (bicyclic) bond motifs is 1. The summed E-state index contributed by atoms with van der Waals surface area (Å²) < 4.78 is 3.45. The number of nitrogens with zero attached hydrogens (tertiary/aromatic N) is 5. The second-order valence-corrected chi connectivity index (χ2v) is 5.77. The van der Waals surface area contributed by atoms with Gasteiger partial charge in [-0.3, -0.25) is 4.79 Å². The van der Waals surface area contributed by atoms with Gasteiger partial charge in [0.1, 0.15) is 6.04 Å². The second-order valence-electron chi connectivity index (χ2n) is 4.79. The summed E-state index contributed by atoms with van der Waals surface area (Å²) in [6.07, 6.45) is 8.35. The van der Waals surface area contributed by atoms with Crippen LogP contribution >= 0.6 is 11.8 Å². The Bertz CT molecular complexity index is 754.